The molecule has 0 amide bonds. The zero-order chi connectivity index (χ0) is 13.9. The molecule has 2 aliphatic rings. The third-order valence-corrected chi connectivity index (χ3v) is 6.34. The van der Waals surface area contributed by atoms with E-state index in [0.29, 0.717) is 18.0 Å². The highest BCUT2D eigenvalue weighted by atomic mass is 32.2. The first-order chi connectivity index (χ1) is 8.97. The Morgan fingerprint density at radius 3 is 2.47 bits per heavy atom. The van der Waals surface area contributed by atoms with Crippen molar-refractivity contribution in [3.05, 3.63) is 0 Å². The molecule has 3 atom stereocenters. The van der Waals surface area contributed by atoms with Gasteiger partial charge in [0.2, 0.25) is 0 Å². The molecular formula is C14H27NO3S. The average molecular weight is 289 g/mol. The first kappa shape index (κ1) is 15.3. The molecule has 0 radical (unpaired) electrons. The van der Waals surface area contributed by atoms with Gasteiger partial charge in [-0.3, -0.25) is 0 Å². The quantitative estimate of drug-likeness (QED) is 0.856. The summed E-state index contributed by atoms with van der Waals surface area (Å²) in [4.78, 5) is 0. The molecule has 2 rings (SSSR count). The first-order valence-corrected chi connectivity index (χ1v) is 9.45. The van der Waals surface area contributed by atoms with Crippen LogP contribution in [0.15, 0.2) is 0 Å². The summed E-state index contributed by atoms with van der Waals surface area (Å²) in [6.07, 6.45) is 7.37. The predicted molar refractivity (Wildman–Crippen MR) is 77.0 cm³/mol. The Morgan fingerprint density at radius 2 is 1.84 bits per heavy atom. The van der Waals surface area contributed by atoms with Gasteiger partial charge < -0.3 is 10.1 Å². The fourth-order valence-corrected chi connectivity index (χ4v) is 4.59. The standard InChI is InChI=1S/C14H27NO3S/c1-11(12-6-8-18-9-7-12)15-13-4-3-5-14(10-13)19(2,16)17/h11-15H,3-10H2,1-2H3. The van der Waals surface area contributed by atoms with E-state index in [4.69, 9.17) is 4.74 Å². The van der Waals surface area contributed by atoms with E-state index in [2.05, 4.69) is 12.2 Å². The Morgan fingerprint density at radius 1 is 1.16 bits per heavy atom. The van der Waals surface area contributed by atoms with Crippen molar-refractivity contribution in [3.8, 4) is 0 Å². The van der Waals surface area contributed by atoms with Gasteiger partial charge in [-0.15, -0.1) is 0 Å². The summed E-state index contributed by atoms with van der Waals surface area (Å²) in [5.41, 5.74) is 0. The number of rotatable bonds is 4. The summed E-state index contributed by atoms with van der Waals surface area (Å²) in [5.74, 6) is 0.673. The molecule has 1 N–H and O–H groups in total. The highest BCUT2D eigenvalue weighted by Crippen LogP contribution is 2.26. The van der Waals surface area contributed by atoms with Crippen molar-refractivity contribution < 1.29 is 13.2 Å². The third-order valence-electron chi connectivity index (χ3n) is 4.70. The molecule has 5 heteroatoms. The van der Waals surface area contributed by atoms with Gasteiger partial charge in [0.15, 0.2) is 0 Å². The van der Waals surface area contributed by atoms with Crippen molar-refractivity contribution in [2.24, 2.45) is 5.92 Å². The summed E-state index contributed by atoms with van der Waals surface area (Å²) in [6.45, 7) is 3.97. The van der Waals surface area contributed by atoms with Gasteiger partial charge in [-0.25, -0.2) is 8.42 Å². The van der Waals surface area contributed by atoms with Crippen LogP contribution in [0.5, 0.6) is 0 Å². The van der Waals surface area contributed by atoms with Gasteiger partial charge in [-0.2, -0.15) is 0 Å². The lowest BCUT2D eigenvalue weighted by atomic mass is 9.89. The van der Waals surface area contributed by atoms with Crippen LogP contribution in [-0.2, 0) is 14.6 Å². The number of ether oxygens (including phenoxy) is 1. The Kier molecular flexibility index (Phi) is 5.26. The Labute approximate surface area is 117 Å². The molecule has 1 saturated carbocycles. The van der Waals surface area contributed by atoms with E-state index in [1.807, 2.05) is 0 Å². The van der Waals surface area contributed by atoms with E-state index >= 15 is 0 Å². The minimum absolute atomic E-state index is 0.138. The van der Waals surface area contributed by atoms with E-state index < -0.39 is 9.84 Å². The maximum atomic E-state index is 11.7. The van der Waals surface area contributed by atoms with Crippen LogP contribution in [0.4, 0.5) is 0 Å². The molecule has 1 saturated heterocycles. The molecule has 1 aliphatic heterocycles. The second kappa shape index (κ2) is 6.55. The summed E-state index contributed by atoms with van der Waals surface area (Å²) in [7, 11) is -2.88. The van der Waals surface area contributed by atoms with E-state index in [0.717, 1.165) is 51.7 Å². The minimum Gasteiger partial charge on any atom is -0.381 e. The molecular weight excluding hydrogens is 262 g/mol. The smallest absolute Gasteiger partial charge is 0.150 e. The van der Waals surface area contributed by atoms with Crippen LogP contribution in [0.2, 0.25) is 0 Å². The fraction of sp³-hybridized carbons (Fsp3) is 1.00. The average Bonchev–Trinajstić information content (AvgIpc) is 2.39. The summed E-state index contributed by atoms with van der Waals surface area (Å²) in [5, 5.41) is 3.53. The molecule has 0 bridgehead atoms. The van der Waals surface area contributed by atoms with Gasteiger partial charge in [-0.05, 0) is 44.9 Å². The van der Waals surface area contributed by atoms with Crippen LogP contribution in [0.3, 0.4) is 0 Å². The Hall–Kier alpha value is -0.130. The first-order valence-electron chi connectivity index (χ1n) is 7.49. The van der Waals surface area contributed by atoms with Crippen LogP contribution in [0.25, 0.3) is 0 Å². The highest BCUT2D eigenvalue weighted by molar-refractivity contribution is 7.91. The second-order valence-electron chi connectivity index (χ2n) is 6.22. The molecule has 1 aliphatic carbocycles. The Balaban J connectivity index is 1.84. The largest absolute Gasteiger partial charge is 0.381 e. The van der Waals surface area contributed by atoms with E-state index in [-0.39, 0.29) is 5.25 Å². The van der Waals surface area contributed by atoms with E-state index in [9.17, 15) is 8.42 Å². The maximum absolute atomic E-state index is 11.7. The molecule has 19 heavy (non-hydrogen) atoms. The molecule has 0 spiro atoms. The lowest BCUT2D eigenvalue weighted by Crippen LogP contribution is -2.46. The van der Waals surface area contributed by atoms with Crippen molar-refractivity contribution in [2.45, 2.75) is 62.8 Å². The van der Waals surface area contributed by atoms with Crippen molar-refractivity contribution in [2.75, 3.05) is 19.5 Å². The third kappa shape index (κ3) is 4.43. The number of sulfone groups is 1. The Bertz CT molecular complexity index is 376. The van der Waals surface area contributed by atoms with Crippen LogP contribution in [-0.4, -0.2) is 45.2 Å². The van der Waals surface area contributed by atoms with Crippen LogP contribution < -0.4 is 5.32 Å². The number of hydrogen-bond donors (Lipinski definition) is 1. The molecule has 4 nitrogen and oxygen atoms in total. The topological polar surface area (TPSA) is 55.4 Å². The van der Waals surface area contributed by atoms with Gasteiger partial charge in [0.25, 0.3) is 0 Å². The van der Waals surface area contributed by atoms with Crippen LogP contribution in [0.1, 0.15) is 45.4 Å². The normalized spacial score (nSPS) is 32.1. The number of hydrogen-bond acceptors (Lipinski definition) is 4. The zero-order valence-corrected chi connectivity index (χ0v) is 12.9. The van der Waals surface area contributed by atoms with Gasteiger partial charge in [-0.1, -0.05) is 6.42 Å². The van der Waals surface area contributed by atoms with Crippen molar-refractivity contribution in [1.29, 1.82) is 0 Å². The van der Waals surface area contributed by atoms with Gasteiger partial charge in [0.05, 0.1) is 5.25 Å². The van der Waals surface area contributed by atoms with Crippen molar-refractivity contribution >= 4 is 9.84 Å². The van der Waals surface area contributed by atoms with Crippen LogP contribution >= 0.6 is 0 Å². The molecule has 0 aromatic carbocycles. The molecule has 2 fully saturated rings. The van der Waals surface area contributed by atoms with E-state index in [1.165, 1.54) is 6.26 Å². The predicted octanol–water partition coefficient (Wildman–Crippen LogP) is 1.75. The minimum atomic E-state index is -2.88. The SMILES string of the molecule is CC(NC1CCCC(S(C)(=O)=O)C1)C1CCOCC1. The summed E-state index contributed by atoms with van der Waals surface area (Å²) >= 11 is 0. The molecule has 112 valence electrons. The number of nitrogens with one attached hydrogen (secondary N) is 1. The van der Waals surface area contributed by atoms with Crippen LogP contribution in [0, 0.1) is 5.92 Å². The molecule has 1 heterocycles. The van der Waals surface area contributed by atoms with E-state index in [1.54, 1.807) is 0 Å². The van der Waals surface area contributed by atoms with Gasteiger partial charge in [0, 0.05) is 31.6 Å². The maximum Gasteiger partial charge on any atom is 0.150 e. The highest BCUT2D eigenvalue weighted by Gasteiger charge is 2.30. The molecule has 0 aromatic rings. The zero-order valence-electron chi connectivity index (χ0n) is 12.1. The summed E-state index contributed by atoms with van der Waals surface area (Å²) < 4.78 is 28.7. The monoisotopic (exact) mass is 289 g/mol. The van der Waals surface area contributed by atoms with Gasteiger partial charge >= 0.3 is 0 Å². The van der Waals surface area contributed by atoms with Crippen molar-refractivity contribution in [1.82, 2.24) is 5.32 Å². The molecule has 0 aromatic heterocycles. The fourth-order valence-electron chi connectivity index (χ4n) is 3.41. The lowest BCUT2D eigenvalue weighted by molar-refractivity contribution is 0.0536. The lowest BCUT2D eigenvalue weighted by Gasteiger charge is -2.35. The van der Waals surface area contributed by atoms with Crippen molar-refractivity contribution in [3.63, 3.8) is 0 Å². The second-order valence-corrected chi connectivity index (χ2v) is 8.55. The summed E-state index contributed by atoms with van der Waals surface area (Å²) in [6, 6.07) is 0.832. The molecule has 3 unspecified atom stereocenters. The van der Waals surface area contributed by atoms with Gasteiger partial charge in [0.1, 0.15) is 9.84 Å².